The van der Waals surface area contributed by atoms with Crippen LogP contribution in [0.4, 0.5) is 10.5 Å². The number of anilines is 1. The van der Waals surface area contributed by atoms with Crippen LogP contribution in [0.5, 0.6) is 0 Å². The van der Waals surface area contributed by atoms with Gasteiger partial charge in [0.1, 0.15) is 11.9 Å². The highest BCUT2D eigenvalue weighted by Crippen LogP contribution is 2.36. The molecule has 0 saturated carbocycles. The summed E-state index contributed by atoms with van der Waals surface area (Å²) in [5, 5.41) is 2.85. The van der Waals surface area contributed by atoms with E-state index in [0.717, 1.165) is 0 Å². The van der Waals surface area contributed by atoms with Crippen molar-refractivity contribution in [2.45, 2.75) is 26.4 Å². The van der Waals surface area contributed by atoms with Crippen molar-refractivity contribution in [2.75, 3.05) is 5.73 Å². The van der Waals surface area contributed by atoms with Crippen molar-refractivity contribution >= 4 is 40.8 Å². The van der Waals surface area contributed by atoms with Gasteiger partial charge in [-0.2, -0.15) is 0 Å². The second kappa shape index (κ2) is 6.55. The highest BCUT2D eigenvalue weighted by atomic mass is 16.6. The summed E-state index contributed by atoms with van der Waals surface area (Å²) in [5.74, 6) is -1.18. The third kappa shape index (κ3) is 3.02. The minimum atomic E-state index is -0.760. The van der Waals surface area contributed by atoms with Crippen molar-refractivity contribution in [3.8, 4) is 11.3 Å². The fourth-order valence-corrected chi connectivity index (χ4v) is 3.55. The van der Waals surface area contributed by atoms with Gasteiger partial charge in [-0.15, -0.1) is 0 Å². The number of hydrogen-bond acceptors (Lipinski definition) is 6. The van der Waals surface area contributed by atoms with E-state index < -0.39 is 23.5 Å². The number of nitrogens with zero attached hydrogens (tertiary/aromatic N) is 1. The molecule has 1 aromatic heterocycles. The summed E-state index contributed by atoms with van der Waals surface area (Å²) in [7, 11) is 0. The number of amides is 2. The molecular weight excluding hydrogens is 386 g/mol. The van der Waals surface area contributed by atoms with Crippen molar-refractivity contribution in [2.24, 2.45) is 0 Å². The maximum Gasteiger partial charge on any atom is 0.419 e. The fraction of sp³-hybridized carbons (Fsp3) is 0.182. The molecule has 4 rings (SSSR count). The molecule has 8 heteroatoms. The molecule has 0 aliphatic carbocycles. The number of imide groups is 1. The third-order valence-corrected chi connectivity index (χ3v) is 4.73. The molecule has 3 N–H and O–H groups in total. The van der Waals surface area contributed by atoms with Gasteiger partial charge in [0, 0.05) is 22.2 Å². The van der Waals surface area contributed by atoms with Crippen LogP contribution in [0.15, 0.2) is 36.4 Å². The summed E-state index contributed by atoms with van der Waals surface area (Å²) < 4.78 is 6.89. The van der Waals surface area contributed by atoms with Crippen LogP contribution in [-0.4, -0.2) is 34.4 Å². The molecule has 0 saturated heterocycles. The smallest absolute Gasteiger partial charge is 0.419 e. The van der Waals surface area contributed by atoms with E-state index in [4.69, 9.17) is 10.5 Å². The Morgan fingerprint density at radius 1 is 1.07 bits per heavy atom. The van der Waals surface area contributed by atoms with E-state index in [9.17, 15) is 19.2 Å². The first-order valence-corrected chi connectivity index (χ1v) is 9.23. The predicted octanol–water partition coefficient (Wildman–Crippen LogP) is 3.37. The summed E-state index contributed by atoms with van der Waals surface area (Å²) in [6.07, 6.45) is 0.0541. The average molecular weight is 405 g/mol. The number of carbonyl (C=O) groups excluding carboxylic acids is 4. The molecule has 30 heavy (non-hydrogen) atoms. The van der Waals surface area contributed by atoms with Crippen LogP contribution in [0.2, 0.25) is 0 Å². The van der Waals surface area contributed by atoms with Crippen LogP contribution >= 0.6 is 0 Å². The predicted molar refractivity (Wildman–Crippen MR) is 111 cm³/mol. The number of benzene rings is 2. The van der Waals surface area contributed by atoms with Crippen LogP contribution in [0.25, 0.3) is 22.2 Å². The molecule has 2 amide bonds. The first kappa shape index (κ1) is 19.4. The number of aromatic nitrogens is 1. The second-order valence-corrected chi connectivity index (χ2v) is 8.02. The van der Waals surface area contributed by atoms with Crippen LogP contribution in [0, 0.1) is 0 Å². The molecule has 0 unspecified atom stereocenters. The molecule has 2 aromatic carbocycles. The van der Waals surface area contributed by atoms with Crippen molar-refractivity contribution in [3.05, 3.63) is 53.1 Å². The molecule has 0 spiro atoms. The Morgan fingerprint density at radius 2 is 1.77 bits per heavy atom. The van der Waals surface area contributed by atoms with Crippen LogP contribution in [0.1, 0.15) is 51.8 Å². The largest absolute Gasteiger partial charge is 0.443 e. The number of rotatable bonds is 2. The second-order valence-electron chi connectivity index (χ2n) is 8.02. The van der Waals surface area contributed by atoms with Crippen molar-refractivity contribution in [1.82, 2.24) is 9.88 Å². The van der Waals surface area contributed by atoms with Crippen LogP contribution in [0.3, 0.4) is 0 Å². The van der Waals surface area contributed by atoms with Gasteiger partial charge in [-0.25, -0.2) is 9.36 Å². The van der Waals surface area contributed by atoms with Crippen LogP contribution in [-0.2, 0) is 4.74 Å². The molecule has 152 valence electrons. The van der Waals surface area contributed by atoms with Gasteiger partial charge in [0.2, 0.25) is 0 Å². The quantitative estimate of drug-likeness (QED) is 0.383. The summed E-state index contributed by atoms with van der Waals surface area (Å²) in [4.78, 5) is 49.0. The fourth-order valence-electron chi connectivity index (χ4n) is 3.55. The van der Waals surface area contributed by atoms with Crippen molar-refractivity contribution in [3.63, 3.8) is 0 Å². The summed E-state index contributed by atoms with van der Waals surface area (Å²) in [5.41, 5.74) is 7.14. The Kier molecular flexibility index (Phi) is 4.23. The van der Waals surface area contributed by atoms with Gasteiger partial charge in [0.15, 0.2) is 0 Å². The lowest BCUT2D eigenvalue weighted by Crippen LogP contribution is -2.27. The number of nitrogens with two attached hydrogens (primary N) is 1. The van der Waals surface area contributed by atoms with E-state index in [1.165, 1.54) is 10.6 Å². The number of carbonyl (C=O) groups is 4. The lowest BCUT2D eigenvalue weighted by Gasteiger charge is -2.21. The zero-order chi connectivity index (χ0) is 21.8. The molecule has 0 radical (unpaired) electrons. The topological polar surface area (TPSA) is 120 Å². The minimum Gasteiger partial charge on any atom is -0.443 e. The standard InChI is InChI=1S/C22H19N3O5/c1-22(2,3)30-21(29)25-15-7-4-11(10-26)8-12(15)9-16(25)13-5-6-14(23)18-17(13)19(27)24-20(18)28/h4-10H,23H2,1-3H3,(H,24,27,28). The van der Waals surface area contributed by atoms with Gasteiger partial charge in [0.25, 0.3) is 11.8 Å². The first-order valence-electron chi connectivity index (χ1n) is 9.23. The van der Waals surface area contributed by atoms with E-state index in [2.05, 4.69) is 5.32 Å². The lowest BCUT2D eigenvalue weighted by molar-refractivity contribution is 0.0546. The number of nitrogens with one attached hydrogen (secondary N) is 1. The van der Waals surface area contributed by atoms with E-state index in [1.807, 2.05) is 0 Å². The molecule has 0 fully saturated rings. The van der Waals surface area contributed by atoms with E-state index in [0.29, 0.717) is 34.0 Å². The Bertz CT molecular complexity index is 1260. The summed E-state index contributed by atoms with van der Waals surface area (Å²) in [6.45, 7) is 5.23. The highest BCUT2D eigenvalue weighted by molar-refractivity contribution is 6.26. The number of hydrogen-bond donors (Lipinski definition) is 2. The van der Waals surface area contributed by atoms with E-state index in [-0.39, 0.29) is 16.8 Å². The van der Waals surface area contributed by atoms with E-state index >= 15 is 0 Å². The van der Waals surface area contributed by atoms with Gasteiger partial charge < -0.3 is 10.5 Å². The molecular formula is C22H19N3O5. The normalized spacial score (nSPS) is 13.3. The number of aldehydes is 1. The SMILES string of the molecule is CC(C)(C)OC(=O)n1c(-c2ccc(N)c3c2C(=O)NC3=O)cc2cc(C=O)ccc21. The number of fused-ring (bicyclic) bond motifs is 2. The number of nitrogen functional groups attached to an aromatic ring is 1. The van der Waals surface area contributed by atoms with Gasteiger partial charge in [0.05, 0.1) is 22.3 Å². The van der Waals surface area contributed by atoms with Gasteiger partial charge >= 0.3 is 6.09 Å². The zero-order valence-electron chi connectivity index (χ0n) is 16.6. The van der Waals surface area contributed by atoms with E-state index in [1.54, 1.807) is 51.1 Å². The molecule has 3 aromatic rings. The highest BCUT2D eigenvalue weighted by Gasteiger charge is 2.34. The Hall–Kier alpha value is -3.94. The Balaban J connectivity index is 2.04. The zero-order valence-corrected chi connectivity index (χ0v) is 16.6. The molecule has 0 bridgehead atoms. The van der Waals surface area contributed by atoms with Crippen molar-refractivity contribution in [1.29, 1.82) is 0 Å². The van der Waals surface area contributed by atoms with Gasteiger partial charge in [-0.05, 0) is 57.2 Å². The number of ether oxygens (including phenoxy) is 1. The monoisotopic (exact) mass is 405 g/mol. The Labute approximate surface area is 171 Å². The molecule has 8 nitrogen and oxygen atoms in total. The molecule has 0 atom stereocenters. The summed E-state index contributed by atoms with van der Waals surface area (Å²) >= 11 is 0. The molecule has 1 aliphatic rings. The molecule has 1 aliphatic heterocycles. The van der Waals surface area contributed by atoms with Gasteiger partial charge in [-0.1, -0.05) is 0 Å². The van der Waals surface area contributed by atoms with Crippen molar-refractivity contribution < 1.29 is 23.9 Å². The summed E-state index contributed by atoms with van der Waals surface area (Å²) in [6, 6.07) is 9.63. The third-order valence-electron chi connectivity index (χ3n) is 4.73. The minimum absolute atomic E-state index is 0.0760. The average Bonchev–Trinajstić information content (AvgIpc) is 3.18. The maximum atomic E-state index is 13.1. The van der Waals surface area contributed by atoms with Crippen LogP contribution < -0.4 is 11.1 Å². The maximum absolute atomic E-state index is 13.1. The lowest BCUT2D eigenvalue weighted by atomic mass is 9.98. The van der Waals surface area contributed by atoms with Gasteiger partial charge in [-0.3, -0.25) is 19.7 Å². The first-order chi connectivity index (χ1) is 14.1. The molecule has 2 heterocycles. The Morgan fingerprint density at radius 3 is 2.43 bits per heavy atom.